The van der Waals surface area contributed by atoms with Gasteiger partial charge in [0.05, 0.1) is 9.85 Å². The third-order valence-corrected chi connectivity index (χ3v) is 1.61. The lowest BCUT2D eigenvalue weighted by Gasteiger charge is -2.21. The molecular weight excluding hydrogens is 236 g/mol. The average molecular weight is 240 g/mol. The van der Waals surface area contributed by atoms with Crippen LogP contribution in [-0.4, -0.2) is 53.7 Å². The zero-order valence-electron chi connectivity index (χ0n) is 7.13. The molecule has 0 saturated heterocycles. The van der Waals surface area contributed by atoms with Crippen LogP contribution in [0.2, 0.25) is 0 Å². The van der Waals surface area contributed by atoms with Gasteiger partial charge >= 0.3 is 23.4 Å². The number of carbonyl (C=O) groups is 2. The third-order valence-electron chi connectivity index (χ3n) is 1.61. The lowest BCUT2D eigenvalue weighted by molar-refractivity contribution is -0.732. The highest BCUT2D eigenvalue weighted by atomic mass is 16.7. The van der Waals surface area contributed by atoms with Crippen LogP contribution in [0.1, 0.15) is 0 Å². The van der Waals surface area contributed by atoms with Gasteiger partial charge in [-0.25, -0.2) is 9.59 Å². The number of hydrogen-bond donors (Lipinski definition) is 4. The van der Waals surface area contributed by atoms with Gasteiger partial charge in [0, 0.05) is 0 Å². The summed E-state index contributed by atoms with van der Waals surface area (Å²) in [6.07, 6.45) is 0. The molecule has 0 spiro atoms. The Balaban J connectivity index is 6.05. The van der Waals surface area contributed by atoms with Gasteiger partial charge in [-0.1, -0.05) is 0 Å². The van der Waals surface area contributed by atoms with Gasteiger partial charge in [0.1, 0.15) is 0 Å². The van der Waals surface area contributed by atoms with E-state index in [4.69, 9.17) is 20.4 Å². The summed E-state index contributed by atoms with van der Waals surface area (Å²) in [5.74, 6) is -5.78. The molecule has 0 bridgehead atoms. The van der Waals surface area contributed by atoms with Crippen molar-refractivity contribution in [1.29, 1.82) is 0 Å². The van der Waals surface area contributed by atoms with E-state index in [1.807, 2.05) is 0 Å². The molecule has 90 valence electrons. The van der Waals surface area contributed by atoms with Crippen LogP contribution in [-0.2, 0) is 9.59 Å². The van der Waals surface area contributed by atoms with E-state index in [0.717, 1.165) is 0 Å². The zero-order valence-corrected chi connectivity index (χ0v) is 7.13. The minimum Gasteiger partial charge on any atom is -0.474 e. The van der Waals surface area contributed by atoms with Gasteiger partial charge < -0.3 is 20.4 Å². The number of aliphatic carboxylic acids is 2. The lowest BCUT2D eigenvalue weighted by Crippen LogP contribution is -2.71. The molecule has 0 aromatic carbocycles. The minimum atomic E-state index is -4.71. The molecule has 0 aromatic heterocycles. The highest BCUT2D eigenvalue weighted by Crippen LogP contribution is 2.25. The number of aliphatic hydroxyl groups is 2. The number of nitro groups is 2. The molecule has 0 aromatic rings. The monoisotopic (exact) mass is 240 g/mol. The highest BCUT2D eigenvalue weighted by molar-refractivity contribution is 5.87. The van der Waals surface area contributed by atoms with Crippen LogP contribution in [0, 0.1) is 20.2 Å². The molecule has 0 heterocycles. The molecular formula is C4H4N2O10. The summed E-state index contributed by atoms with van der Waals surface area (Å²) in [6.45, 7) is 0. The van der Waals surface area contributed by atoms with Crippen LogP contribution in [0.3, 0.4) is 0 Å². The van der Waals surface area contributed by atoms with Gasteiger partial charge in [-0.2, -0.15) is 0 Å². The van der Waals surface area contributed by atoms with Crippen molar-refractivity contribution in [3.05, 3.63) is 20.2 Å². The smallest absolute Gasteiger partial charge is 0.474 e. The first kappa shape index (κ1) is 13.7. The first-order valence-corrected chi connectivity index (χ1v) is 3.23. The molecule has 0 aliphatic heterocycles. The van der Waals surface area contributed by atoms with E-state index >= 15 is 0 Å². The Morgan fingerprint density at radius 1 is 0.875 bits per heavy atom. The van der Waals surface area contributed by atoms with Gasteiger partial charge in [0.15, 0.2) is 0 Å². The molecule has 12 heteroatoms. The second kappa shape index (κ2) is 3.67. The van der Waals surface area contributed by atoms with E-state index in [9.17, 15) is 29.8 Å². The molecule has 2 unspecified atom stereocenters. The van der Waals surface area contributed by atoms with Crippen LogP contribution in [0.4, 0.5) is 0 Å². The first-order valence-electron chi connectivity index (χ1n) is 3.23. The van der Waals surface area contributed by atoms with Crippen molar-refractivity contribution in [2.75, 3.05) is 0 Å². The Morgan fingerprint density at radius 2 is 1.06 bits per heavy atom. The van der Waals surface area contributed by atoms with Gasteiger partial charge in [0.25, 0.3) is 0 Å². The topological polar surface area (TPSA) is 201 Å². The fraction of sp³-hybridized carbons (Fsp3) is 0.500. The Bertz CT molecular complexity index is 309. The number of hydrogen-bond acceptors (Lipinski definition) is 8. The lowest BCUT2D eigenvalue weighted by atomic mass is 10.0. The van der Waals surface area contributed by atoms with E-state index in [1.165, 1.54) is 0 Å². The van der Waals surface area contributed by atoms with Gasteiger partial charge in [-0.15, -0.1) is 0 Å². The molecule has 4 N–H and O–H groups in total. The Labute approximate surface area is 84.6 Å². The first-order chi connectivity index (χ1) is 7.02. The maximum Gasteiger partial charge on any atom is 0.527 e. The van der Waals surface area contributed by atoms with Crippen LogP contribution in [0.15, 0.2) is 0 Å². The second-order valence-electron chi connectivity index (χ2n) is 2.47. The Hall–Kier alpha value is -2.34. The number of carboxylic acids is 2. The SMILES string of the molecule is O=C(O)C(O)([N+](=O)[O-])C(O)(C(=O)O)[N+](=O)[O-]. The van der Waals surface area contributed by atoms with E-state index < -0.39 is 33.2 Å². The third kappa shape index (κ3) is 1.41. The van der Waals surface area contributed by atoms with E-state index in [-0.39, 0.29) is 0 Å². The van der Waals surface area contributed by atoms with E-state index in [2.05, 4.69) is 0 Å². The van der Waals surface area contributed by atoms with Crippen molar-refractivity contribution in [2.24, 2.45) is 0 Å². The molecule has 0 amide bonds. The highest BCUT2D eigenvalue weighted by Gasteiger charge is 2.82. The molecule has 0 aliphatic carbocycles. The van der Waals surface area contributed by atoms with Crippen molar-refractivity contribution in [3.8, 4) is 0 Å². The Morgan fingerprint density at radius 3 is 1.12 bits per heavy atom. The summed E-state index contributed by atoms with van der Waals surface area (Å²) in [7, 11) is 0. The van der Waals surface area contributed by atoms with E-state index in [1.54, 1.807) is 0 Å². The average Bonchev–Trinajstić information content (AvgIpc) is 2.13. The predicted octanol–water partition coefficient (Wildman–Crippen LogP) is -2.91. The summed E-state index contributed by atoms with van der Waals surface area (Å²) < 4.78 is 0. The van der Waals surface area contributed by atoms with Crippen molar-refractivity contribution in [2.45, 2.75) is 11.4 Å². The molecule has 0 aliphatic rings. The van der Waals surface area contributed by atoms with Crippen LogP contribution < -0.4 is 0 Å². The molecule has 0 radical (unpaired) electrons. The van der Waals surface area contributed by atoms with Crippen LogP contribution in [0.5, 0.6) is 0 Å². The van der Waals surface area contributed by atoms with Crippen molar-refractivity contribution in [1.82, 2.24) is 0 Å². The molecule has 2 atom stereocenters. The normalized spacial score (nSPS) is 17.9. The van der Waals surface area contributed by atoms with Gasteiger partial charge in [-0.3, -0.25) is 20.2 Å². The van der Waals surface area contributed by atoms with Crippen molar-refractivity contribution >= 4 is 11.9 Å². The molecule has 0 fully saturated rings. The fourth-order valence-corrected chi connectivity index (χ4v) is 0.709. The van der Waals surface area contributed by atoms with Crippen molar-refractivity contribution < 1.29 is 39.9 Å². The second-order valence-corrected chi connectivity index (χ2v) is 2.47. The molecule has 16 heavy (non-hydrogen) atoms. The molecule has 0 saturated carbocycles. The predicted molar refractivity (Wildman–Crippen MR) is 39.2 cm³/mol. The quantitative estimate of drug-likeness (QED) is 0.219. The standard InChI is InChI=1S/C4H4N2O10/c7-1(8)3(11,5(13)14)4(12,2(9)10)6(15)16/h11-12H,(H,7,8)(H,9,10). The summed E-state index contributed by atoms with van der Waals surface area (Å²) in [4.78, 5) is 36.6. The van der Waals surface area contributed by atoms with Crippen LogP contribution >= 0.6 is 0 Å². The number of carboxylic acid groups (broad SMARTS) is 2. The van der Waals surface area contributed by atoms with Crippen LogP contribution in [0.25, 0.3) is 0 Å². The largest absolute Gasteiger partial charge is 0.527 e. The van der Waals surface area contributed by atoms with Gasteiger partial charge in [0.2, 0.25) is 0 Å². The zero-order chi connectivity index (χ0) is 13.3. The number of nitrogens with zero attached hydrogens (tertiary/aromatic N) is 2. The van der Waals surface area contributed by atoms with Crippen molar-refractivity contribution in [3.63, 3.8) is 0 Å². The van der Waals surface area contributed by atoms with Gasteiger partial charge in [-0.05, 0) is 0 Å². The summed E-state index contributed by atoms with van der Waals surface area (Å²) >= 11 is 0. The maximum absolute atomic E-state index is 10.3. The molecule has 0 rings (SSSR count). The minimum absolute atomic E-state index is 2.19. The summed E-state index contributed by atoms with van der Waals surface area (Å²) in [5.41, 5.74) is -9.41. The van der Waals surface area contributed by atoms with E-state index in [0.29, 0.717) is 0 Å². The molecule has 12 nitrogen and oxygen atoms in total. The summed E-state index contributed by atoms with van der Waals surface area (Å²) in [6, 6.07) is 0. The maximum atomic E-state index is 10.3. The fourth-order valence-electron chi connectivity index (χ4n) is 0.709. The summed E-state index contributed by atoms with van der Waals surface area (Å²) in [5, 5.41) is 54.5. The number of rotatable bonds is 5. The Kier molecular flexibility index (Phi) is 3.13.